The Balaban J connectivity index is 1.56. The smallest absolute Gasteiger partial charge is 0.227 e. The quantitative estimate of drug-likeness (QED) is 0.587. The summed E-state index contributed by atoms with van der Waals surface area (Å²) in [5.41, 5.74) is 2.30. The van der Waals surface area contributed by atoms with Gasteiger partial charge in [-0.1, -0.05) is 44.9 Å². The summed E-state index contributed by atoms with van der Waals surface area (Å²) in [5, 5.41) is 3.45. The van der Waals surface area contributed by atoms with Crippen LogP contribution in [0.15, 0.2) is 36.4 Å². The Morgan fingerprint density at radius 3 is 2.30 bits per heavy atom. The van der Waals surface area contributed by atoms with Crippen molar-refractivity contribution in [2.45, 2.75) is 45.6 Å². The number of benzene rings is 1. The number of aromatic nitrogens is 2. The molecule has 2 saturated heterocycles. The number of anilines is 3. The number of ether oxygens (including phenoxy) is 1. The lowest BCUT2D eigenvalue weighted by Crippen LogP contribution is -2.47. The molecule has 2 aliphatic heterocycles. The molecule has 0 amide bonds. The van der Waals surface area contributed by atoms with Crippen LogP contribution in [0.25, 0.3) is 0 Å². The van der Waals surface area contributed by atoms with Gasteiger partial charge in [-0.3, -0.25) is 0 Å². The fourth-order valence-corrected chi connectivity index (χ4v) is 4.51. The van der Waals surface area contributed by atoms with Crippen LogP contribution in [0.1, 0.15) is 51.3 Å². The molecule has 4 rings (SSSR count). The van der Waals surface area contributed by atoms with Crippen LogP contribution < -0.4 is 20.0 Å². The molecular formula is C26H40N6O. The summed E-state index contributed by atoms with van der Waals surface area (Å²) < 4.78 is 6.08. The van der Waals surface area contributed by atoms with Crippen LogP contribution in [0, 0.1) is 0 Å². The van der Waals surface area contributed by atoms with E-state index in [4.69, 9.17) is 14.7 Å². The maximum atomic E-state index is 6.08. The molecule has 180 valence electrons. The molecule has 0 spiro atoms. The molecular weight excluding hydrogens is 412 g/mol. The third-order valence-electron chi connectivity index (χ3n) is 6.55. The van der Waals surface area contributed by atoms with Crippen molar-refractivity contribution in [3.05, 3.63) is 42.1 Å². The monoisotopic (exact) mass is 452 g/mol. The highest BCUT2D eigenvalue weighted by Gasteiger charge is 2.24. The van der Waals surface area contributed by atoms with Gasteiger partial charge in [-0.15, -0.1) is 0 Å². The van der Waals surface area contributed by atoms with E-state index in [1.165, 1.54) is 31.4 Å². The molecule has 7 heteroatoms. The Hall–Kier alpha value is -2.38. The van der Waals surface area contributed by atoms with Gasteiger partial charge in [0.25, 0.3) is 0 Å². The Morgan fingerprint density at radius 2 is 1.67 bits per heavy atom. The van der Waals surface area contributed by atoms with Crippen molar-refractivity contribution in [3.8, 4) is 0 Å². The molecule has 1 atom stereocenters. The Labute approximate surface area is 199 Å². The number of hydrogen-bond acceptors (Lipinski definition) is 7. The number of unbranched alkanes of at least 4 members (excludes halogenated alkanes) is 2. The number of nitrogens with zero attached hydrogens (tertiary/aromatic N) is 5. The minimum absolute atomic E-state index is 0.0101. The Morgan fingerprint density at radius 1 is 0.970 bits per heavy atom. The van der Waals surface area contributed by atoms with Crippen LogP contribution in [0.4, 0.5) is 17.5 Å². The first-order chi connectivity index (χ1) is 16.3. The highest BCUT2D eigenvalue weighted by molar-refractivity contribution is 5.50. The van der Waals surface area contributed by atoms with E-state index >= 15 is 0 Å². The molecule has 1 aromatic carbocycles. The van der Waals surface area contributed by atoms with E-state index in [-0.39, 0.29) is 6.10 Å². The summed E-state index contributed by atoms with van der Waals surface area (Å²) in [5.74, 6) is 1.90. The third-order valence-corrected chi connectivity index (χ3v) is 6.55. The molecule has 2 fully saturated rings. The summed E-state index contributed by atoms with van der Waals surface area (Å²) in [6, 6.07) is 12.9. The average molecular weight is 453 g/mol. The molecule has 1 N–H and O–H groups in total. The molecule has 7 nitrogen and oxygen atoms in total. The number of rotatable bonds is 10. The van der Waals surface area contributed by atoms with E-state index in [0.717, 1.165) is 76.4 Å². The lowest BCUT2D eigenvalue weighted by molar-refractivity contribution is 0.0250. The van der Waals surface area contributed by atoms with Crippen molar-refractivity contribution in [2.75, 3.05) is 73.7 Å². The molecule has 2 aliphatic rings. The number of para-hydroxylation sites is 1. The van der Waals surface area contributed by atoms with Gasteiger partial charge in [0.15, 0.2) is 0 Å². The highest BCUT2D eigenvalue weighted by Crippen LogP contribution is 2.26. The first-order valence-electron chi connectivity index (χ1n) is 12.8. The minimum atomic E-state index is -0.0101. The van der Waals surface area contributed by atoms with Gasteiger partial charge in [0.2, 0.25) is 5.95 Å². The number of piperazine rings is 1. The first kappa shape index (κ1) is 23.8. The molecule has 0 radical (unpaired) electrons. The van der Waals surface area contributed by atoms with E-state index in [1.807, 2.05) is 0 Å². The lowest BCUT2D eigenvalue weighted by atomic mass is 10.2. The van der Waals surface area contributed by atoms with E-state index in [9.17, 15) is 0 Å². The zero-order valence-electron chi connectivity index (χ0n) is 20.4. The first-order valence-corrected chi connectivity index (χ1v) is 12.8. The summed E-state index contributed by atoms with van der Waals surface area (Å²) in [4.78, 5) is 17.4. The van der Waals surface area contributed by atoms with Crippen molar-refractivity contribution in [1.82, 2.24) is 15.3 Å². The zero-order valence-corrected chi connectivity index (χ0v) is 20.4. The van der Waals surface area contributed by atoms with Crippen LogP contribution in [0.5, 0.6) is 0 Å². The maximum Gasteiger partial charge on any atom is 0.227 e. The van der Waals surface area contributed by atoms with Crippen LogP contribution in [0.2, 0.25) is 0 Å². The minimum Gasteiger partial charge on any atom is -0.369 e. The highest BCUT2D eigenvalue weighted by atomic mass is 16.5. The van der Waals surface area contributed by atoms with Crippen molar-refractivity contribution >= 4 is 17.5 Å². The van der Waals surface area contributed by atoms with Crippen molar-refractivity contribution in [2.24, 2.45) is 0 Å². The molecule has 2 aromatic rings. The molecule has 1 aromatic heterocycles. The third kappa shape index (κ3) is 6.36. The Kier molecular flexibility index (Phi) is 8.78. The van der Waals surface area contributed by atoms with E-state index in [2.05, 4.69) is 70.3 Å². The van der Waals surface area contributed by atoms with Gasteiger partial charge in [-0.25, -0.2) is 4.98 Å². The number of hydrogen-bond donors (Lipinski definition) is 1. The second kappa shape index (κ2) is 12.2. The van der Waals surface area contributed by atoms with Gasteiger partial charge in [0.05, 0.1) is 12.3 Å². The summed E-state index contributed by atoms with van der Waals surface area (Å²) in [6.07, 6.45) is 4.71. The molecule has 0 aliphatic carbocycles. The van der Waals surface area contributed by atoms with Crippen LogP contribution in [-0.4, -0.2) is 68.9 Å². The van der Waals surface area contributed by atoms with Crippen molar-refractivity contribution < 1.29 is 4.74 Å². The molecule has 0 saturated carbocycles. The van der Waals surface area contributed by atoms with Crippen molar-refractivity contribution in [3.63, 3.8) is 0 Å². The van der Waals surface area contributed by atoms with Crippen LogP contribution in [-0.2, 0) is 4.74 Å². The van der Waals surface area contributed by atoms with Gasteiger partial charge >= 0.3 is 0 Å². The maximum absolute atomic E-state index is 6.08. The van der Waals surface area contributed by atoms with Gasteiger partial charge in [0, 0.05) is 64.1 Å². The lowest BCUT2D eigenvalue weighted by Gasteiger charge is -2.37. The van der Waals surface area contributed by atoms with Gasteiger partial charge in [0.1, 0.15) is 11.9 Å². The second-order valence-electron chi connectivity index (χ2n) is 9.02. The topological polar surface area (TPSA) is 56.8 Å². The van der Waals surface area contributed by atoms with Gasteiger partial charge < -0.3 is 24.8 Å². The predicted octanol–water partition coefficient (Wildman–Crippen LogP) is 3.87. The molecule has 3 heterocycles. The molecule has 1 unspecified atom stereocenters. The fourth-order valence-electron chi connectivity index (χ4n) is 4.51. The molecule has 33 heavy (non-hydrogen) atoms. The number of morpholine rings is 1. The summed E-state index contributed by atoms with van der Waals surface area (Å²) >= 11 is 0. The zero-order chi connectivity index (χ0) is 22.9. The largest absolute Gasteiger partial charge is 0.369 e. The van der Waals surface area contributed by atoms with Crippen LogP contribution in [0.3, 0.4) is 0 Å². The van der Waals surface area contributed by atoms with E-state index in [1.54, 1.807) is 0 Å². The fraction of sp³-hybridized carbons (Fsp3) is 0.615. The average Bonchev–Trinajstić information content (AvgIpc) is 2.89. The predicted molar refractivity (Wildman–Crippen MR) is 136 cm³/mol. The standard InChI is InChI=1S/C26H40N6O/c1-3-5-13-31(14-6-4-2)25-20-23(24-21-27-12-19-33-24)28-26(29-25)32-17-15-30(16-18-32)22-10-8-7-9-11-22/h7-11,20,24,27H,3-6,12-19,21H2,1-2H3. The number of nitrogens with one attached hydrogen (secondary N) is 1. The normalized spacial score (nSPS) is 19.0. The second-order valence-corrected chi connectivity index (χ2v) is 9.02. The van der Waals surface area contributed by atoms with Gasteiger partial charge in [-0.2, -0.15) is 4.98 Å². The molecule has 0 bridgehead atoms. The van der Waals surface area contributed by atoms with Crippen molar-refractivity contribution in [1.29, 1.82) is 0 Å². The summed E-state index contributed by atoms with van der Waals surface area (Å²) in [7, 11) is 0. The van der Waals surface area contributed by atoms with Gasteiger partial charge in [-0.05, 0) is 25.0 Å². The summed E-state index contributed by atoms with van der Waals surface area (Å²) in [6.45, 7) is 12.8. The van der Waals surface area contributed by atoms with E-state index in [0.29, 0.717) is 0 Å². The Bertz CT molecular complexity index is 826. The van der Waals surface area contributed by atoms with E-state index < -0.39 is 0 Å². The SMILES string of the molecule is CCCCN(CCCC)c1cc(C2CNCCO2)nc(N2CCN(c3ccccc3)CC2)n1. The van der Waals surface area contributed by atoms with Crippen LogP contribution >= 0.6 is 0 Å².